The van der Waals surface area contributed by atoms with E-state index in [0.717, 1.165) is 24.0 Å². The van der Waals surface area contributed by atoms with Crippen molar-refractivity contribution >= 4 is 44.0 Å². The van der Waals surface area contributed by atoms with Crippen LogP contribution in [0, 0.1) is 11.6 Å². The Balaban J connectivity index is 1.42. The van der Waals surface area contributed by atoms with Crippen LogP contribution < -0.4 is 15.2 Å². The van der Waals surface area contributed by atoms with E-state index in [1.54, 1.807) is 0 Å². The van der Waals surface area contributed by atoms with Crippen molar-refractivity contribution in [2.24, 2.45) is 4.99 Å². The van der Waals surface area contributed by atoms with Gasteiger partial charge in [-0.15, -0.1) is 11.3 Å². The fraction of sp³-hybridized carbons (Fsp3) is 0.448. The summed E-state index contributed by atoms with van der Waals surface area (Å²) < 4.78 is 103. The molecule has 45 heavy (non-hydrogen) atoms. The number of aromatic nitrogens is 3. The van der Waals surface area contributed by atoms with Crippen LogP contribution in [0.1, 0.15) is 36.0 Å². The van der Waals surface area contributed by atoms with Crippen LogP contribution in [0.5, 0.6) is 11.9 Å². The van der Waals surface area contributed by atoms with Gasteiger partial charge in [-0.3, -0.25) is 14.9 Å². The summed E-state index contributed by atoms with van der Waals surface area (Å²) in [4.78, 5) is 18.5. The van der Waals surface area contributed by atoms with Crippen molar-refractivity contribution in [3.05, 3.63) is 34.5 Å². The van der Waals surface area contributed by atoms with Crippen molar-refractivity contribution in [1.82, 2.24) is 19.9 Å². The van der Waals surface area contributed by atoms with Crippen LogP contribution in [0.4, 0.5) is 31.3 Å². The monoisotopic (exact) mass is 652 g/mol. The van der Waals surface area contributed by atoms with Gasteiger partial charge in [0, 0.05) is 29.5 Å². The van der Waals surface area contributed by atoms with E-state index in [0.29, 0.717) is 24.1 Å². The maximum absolute atomic E-state index is 16.9. The summed E-state index contributed by atoms with van der Waals surface area (Å²) in [6.07, 6.45) is -3.12. The molecular weight excluding hydrogens is 626 g/mol. The highest BCUT2D eigenvalue weighted by molar-refractivity contribution is 7.23. The second kappa shape index (κ2) is 10.9. The second-order valence-electron chi connectivity index (χ2n) is 11.4. The van der Waals surface area contributed by atoms with Gasteiger partial charge in [0.25, 0.3) is 0 Å². The predicted octanol–water partition coefficient (Wildman–Crippen LogP) is 5.89. The van der Waals surface area contributed by atoms with E-state index in [4.69, 9.17) is 19.9 Å². The highest BCUT2D eigenvalue weighted by Gasteiger charge is 2.49. The molecule has 6 heterocycles. The first-order chi connectivity index (χ1) is 21.5. The van der Waals surface area contributed by atoms with Crippen LogP contribution in [-0.4, -0.2) is 70.8 Å². The molecule has 2 N–H and O–H groups in total. The number of ether oxygens (including phenoxy) is 3. The Labute approximate surface area is 256 Å². The first-order valence-electron chi connectivity index (χ1n) is 14.1. The number of halogens is 6. The van der Waals surface area contributed by atoms with Crippen molar-refractivity contribution in [3.63, 3.8) is 0 Å². The first-order valence-corrected chi connectivity index (χ1v) is 14.9. The van der Waals surface area contributed by atoms with E-state index in [9.17, 15) is 22.0 Å². The normalized spacial score (nSPS) is 21.5. The molecule has 0 aliphatic carbocycles. The summed E-state index contributed by atoms with van der Waals surface area (Å²) in [7, 11) is 0. The number of benzene rings is 1. The third-order valence-electron chi connectivity index (χ3n) is 8.65. The van der Waals surface area contributed by atoms with Gasteiger partial charge in [-0.05, 0) is 37.2 Å². The molecule has 0 spiro atoms. The number of nitrogens with two attached hydrogens (primary N) is 1. The number of thiophene rings is 1. The number of hydrogen-bond donors (Lipinski definition) is 1. The summed E-state index contributed by atoms with van der Waals surface area (Å²) in [5.74, 6) is -2.17. The van der Waals surface area contributed by atoms with E-state index in [-0.39, 0.29) is 76.6 Å². The second-order valence-corrected chi connectivity index (χ2v) is 12.5. The van der Waals surface area contributed by atoms with Gasteiger partial charge >= 0.3 is 12.2 Å². The lowest BCUT2D eigenvalue weighted by molar-refractivity contribution is -0.153. The van der Waals surface area contributed by atoms with Crippen LogP contribution in [0.2, 0.25) is 0 Å². The van der Waals surface area contributed by atoms with Crippen LogP contribution in [-0.2, 0) is 24.5 Å². The van der Waals surface area contributed by atoms with Crippen LogP contribution in [0.25, 0.3) is 32.2 Å². The Morgan fingerprint density at radius 3 is 2.76 bits per heavy atom. The van der Waals surface area contributed by atoms with E-state index in [1.165, 1.54) is 0 Å². The third-order valence-corrected chi connectivity index (χ3v) is 9.72. The fourth-order valence-corrected chi connectivity index (χ4v) is 7.78. The Morgan fingerprint density at radius 2 is 1.98 bits per heavy atom. The molecule has 238 valence electrons. The zero-order valence-corrected chi connectivity index (χ0v) is 24.5. The first kappa shape index (κ1) is 29.9. The molecule has 1 aromatic carbocycles. The van der Waals surface area contributed by atoms with E-state index in [1.807, 2.05) is 4.90 Å². The quantitative estimate of drug-likeness (QED) is 0.185. The number of anilines is 1. The van der Waals surface area contributed by atoms with Crippen LogP contribution >= 0.6 is 11.3 Å². The molecule has 3 aliphatic heterocycles. The highest BCUT2D eigenvalue weighted by atomic mass is 32.1. The maximum Gasteiger partial charge on any atom is 0.422 e. The molecule has 16 heteroatoms. The molecule has 3 aromatic heterocycles. The molecule has 0 saturated carbocycles. The summed E-state index contributed by atoms with van der Waals surface area (Å²) in [5.41, 5.74) is 6.10. The number of fused-ring (bicyclic) bond motifs is 5. The minimum Gasteiger partial charge on any atom is -0.467 e. The lowest BCUT2D eigenvalue weighted by atomic mass is 9.93. The molecule has 2 fully saturated rings. The molecule has 7 rings (SSSR count). The number of nitrogens with zero attached hydrogens (tertiary/aromatic N) is 5. The minimum atomic E-state index is -4.72. The van der Waals surface area contributed by atoms with Crippen molar-refractivity contribution in [2.45, 2.75) is 56.9 Å². The van der Waals surface area contributed by atoms with E-state index >= 15 is 4.39 Å². The van der Waals surface area contributed by atoms with Crippen molar-refractivity contribution in [2.75, 3.05) is 32.0 Å². The zero-order valence-electron chi connectivity index (χ0n) is 23.6. The summed E-state index contributed by atoms with van der Waals surface area (Å²) in [6, 6.07) is -0.430. The molecule has 2 atom stereocenters. The predicted molar refractivity (Wildman–Crippen MR) is 154 cm³/mol. The average Bonchev–Trinajstić information content (AvgIpc) is 3.75. The van der Waals surface area contributed by atoms with Crippen LogP contribution in [0.3, 0.4) is 0 Å². The van der Waals surface area contributed by atoms with Crippen molar-refractivity contribution in [1.29, 1.82) is 0 Å². The number of rotatable bonds is 8. The Morgan fingerprint density at radius 1 is 1.18 bits per heavy atom. The van der Waals surface area contributed by atoms with Gasteiger partial charge < -0.3 is 19.9 Å². The highest BCUT2D eigenvalue weighted by Crippen LogP contribution is 2.47. The molecular formula is C29H26F6N6O3S. The lowest BCUT2D eigenvalue weighted by Gasteiger charge is -2.30. The molecule has 9 nitrogen and oxygen atoms in total. The largest absolute Gasteiger partial charge is 0.467 e. The zero-order chi connectivity index (χ0) is 31.7. The molecule has 0 unspecified atom stereocenters. The SMILES string of the molecule is C=NCc1c(N)sc2c(F)cnc(-c3c4c(c5c(OCC(F)(F)F)nc(OC[C@@]67CCCN6C[C@H](F)C7)nc5c3F)COC4)c12. The average molecular weight is 653 g/mol. The third kappa shape index (κ3) is 5.02. The van der Waals surface area contributed by atoms with Crippen LogP contribution in [0.15, 0.2) is 11.2 Å². The van der Waals surface area contributed by atoms with Gasteiger partial charge in [0.15, 0.2) is 18.2 Å². The Hall–Kier alpha value is -3.76. The summed E-state index contributed by atoms with van der Waals surface area (Å²) in [6.45, 7) is 2.45. The standard InChI is InChI=1S/C29H26F6N6O3S/c1-37-6-14-19-22(38-7-17(31)24(19)45-25(14)36)18-15-9-42-10-16(15)20-23(21(18)32)39-27(40-26(20)43-12-29(33,34)35)44-11-28-3-2-4-41(28)8-13(30)5-28/h7,13H,1-6,8-12,36H2/t13-,28+/m1/s1. The van der Waals surface area contributed by atoms with Gasteiger partial charge in [0.05, 0.1) is 52.3 Å². The molecule has 4 aromatic rings. The maximum atomic E-state index is 16.9. The summed E-state index contributed by atoms with van der Waals surface area (Å²) >= 11 is 0.955. The smallest absolute Gasteiger partial charge is 0.422 e. The number of alkyl halides is 4. The molecule has 0 radical (unpaired) electrons. The minimum absolute atomic E-state index is 0.00590. The molecule has 2 saturated heterocycles. The van der Waals surface area contributed by atoms with Gasteiger partial charge in [0.1, 0.15) is 18.3 Å². The topological polar surface area (TPSA) is 108 Å². The van der Waals surface area contributed by atoms with E-state index < -0.39 is 53.5 Å². The fourth-order valence-electron chi connectivity index (χ4n) is 6.80. The Bertz CT molecular complexity index is 1850. The van der Waals surface area contributed by atoms with Crippen molar-refractivity contribution < 1.29 is 40.6 Å². The molecule has 0 amide bonds. The molecule has 0 bridgehead atoms. The van der Waals surface area contributed by atoms with Gasteiger partial charge in [-0.2, -0.15) is 23.1 Å². The molecule has 3 aliphatic rings. The summed E-state index contributed by atoms with van der Waals surface area (Å²) in [5, 5.41) is 0.379. The number of aliphatic imine (C=N–C) groups is 1. The van der Waals surface area contributed by atoms with E-state index in [2.05, 4.69) is 26.7 Å². The van der Waals surface area contributed by atoms with Crippen molar-refractivity contribution in [3.8, 4) is 23.1 Å². The van der Waals surface area contributed by atoms with Gasteiger partial charge in [-0.1, -0.05) is 0 Å². The number of nitrogen functional groups attached to an aromatic ring is 1. The number of pyridine rings is 1. The van der Waals surface area contributed by atoms with Gasteiger partial charge in [0.2, 0.25) is 5.88 Å². The van der Waals surface area contributed by atoms with Gasteiger partial charge in [-0.25, -0.2) is 13.2 Å². The Kier molecular flexibility index (Phi) is 7.28. The number of hydrogen-bond acceptors (Lipinski definition) is 10. The lowest BCUT2D eigenvalue weighted by Crippen LogP contribution is -2.43.